The lowest BCUT2D eigenvalue weighted by Gasteiger charge is -2.06. The summed E-state index contributed by atoms with van der Waals surface area (Å²) in [6.07, 6.45) is 2.10. The molecule has 1 atom stereocenters. The standard InChI is InChI=1S/C15H21N3OS2.ClH/c1-10(16)3-6-15(19)17-8-7-12-4-5-14(21-12)13-9-20-11(2)18-13;/h4-5,9-10H,3,6-8,16H2,1-2H3,(H,17,19);1H. The highest BCUT2D eigenvalue weighted by molar-refractivity contribution is 7.16. The number of nitrogens with two attached hydrogens (primary N) is 1. The number of carbonyl (C=O) groups excluding carboxylic acids is 1. The van der Waals surface area contributed by atoms with Crippen molar-refractivity contribution in [2.75, 3.05) is 6.54 Å². The van der Waals surface area contributed by atoms with E-state index in [0.717, 1.165) is 23.5 Å². The molecule has 0 aliphatic carbocycles. The fourth-order valence-corrected chi connectivity index (χ4v) is 3.55. The predicted octanol–water partition coefficient (Wildman–Crippen LogP) is 3.39. The Hall–Kier alpha value is -0.950. The summed E-state index contributed by atoms with van der Waals surface area (Å²) in [7, 11) is 0. The maximum Gasteiger partial charge on any atom is 0.220 e. The summed E-state index contributed by atoms with van der Waals surface area (Å²) in [6.45, 7) is 4.61. The zero-order chi connectivity index (χ0) is 15.2. The van der Waals surface area contributed by atoms with Gasteiger partial charge in [0.1, 0.15) is 0 Å². The SMILES string of the molecule is Cc1nc(-c2ccc(CCNC(=O)CCC(C)N)s2)cs1.Cl. The first kappa shape index (κ1) is 19.1. The first-order valence-corrected chi connectivity index (χ1v) is 8.77. The topological polar surface area (TPSA) is 68.0 Å². The molecule has 122 valence electrons. The monoisotopic (exact) mass is 359 g/mol. The minimum atomic E-state index is 0. The number of aryl methyl sites for hydroxylation is 1. The van der Waals surface area contributed by atoms with Crippen LogP contribution in [0.4, 0.5) is 0 Å². The predicted molar refractivity (Wildman–Crippen MR) is 97.0 cm³/mol. The number of aromatic nitrogens is 1. The van der Waals surface area contributed by atoms with Gasteiger partial charge in [0.25, 0.3) is 0 Å². The lowest BCUT2D eigenvalue weighted by Crippen LogP contribution is -2.27. The van der Waals surface area contributed by atoms with Crippen LogP contribution < -0.4 is 11.1 Å². The van der Waals surface area contributed by atoms with E-state index in [1.54, 1.807) is 22.7 Å². The maximum atomic E-state index is 11.6. The zero-order valence-electron chi connectivity index (χ0n) is 12.8. The van der Waals surface area contributed by atoms with Crippen LogP contribution in [-0.4, -0.2) is 23.5 Å². The van der Waals surface area contributed by atoms with E-state index in [1.165, 1.54) is 9.75 Å². The third-order valence-electron chi connectivity index (χ3n) is 3.05. The average molecular weight is 360 g/mol. The number of thiophene rings is 1. The van der Waals surface area contributed by atoms with Gasteiger partial charge in [0.2, 0.25) is 5.91 Å². The number of carbonyl (C=O) groups is 1. The van der Waals surface area contributed by atoms with Crippen LogP contribution in [0.3, 0.4) is 0 Å². The minimum absolute atomic E-state index is 0. The van der Waals surface area contributed by atoms with E-state index in [1.807, 2.05) is 13.8 Å². The Morgan fingerprint density at radius 2 is 2.23 bits per heavy atom. The maximum absolute atomic E-state index is 11.6. The number of halogens is 1. The molecule has 0 bridgehead atoms. The Balaban J connectivity index is 0.00000242. The van der Waals surface area contributed by atoms with Crippen molar-refractivity contribution in [3.8, 4) is 10.6 Å². The molecule has 0 spiro atoms. The summed E-state index contributed by atoms with van der Waals surface area (Å²) in [4.78, 5) is 18.5. The second-order valence-corrected chi connectivity index (χ2v) is 7.36. The number of thiazole rings is 1. The van der Waals surface area contributed by atoms with E-state index in [4.69, 9.17) is 5.73 Å². The van der Waals surface area contributed by atoms with Crippen LogP contribution >= 0.6 is 35.1 Å². The third kappa shape index (κ3) is 6.04. The molecule has 2 aromatic rings. The van der Waals surface area contributed by atoms with Crippen LogP contribution in [0.15, 0.2) is 17.5 Å². The number of amides is 1. The molecule has 2 aromatic heterocycles. The van der Waals surface area contributed by atoms with Crippen molar-refractivity contribution in [2.24, 2.45) is 5.73 Å². The molecule has 4 nitrogen and oxygen atoms in total. The fraction of sp³-hybridized carbons (Fsp3) is 0.467. The molecule has 2 heterocycles. The molecule has 0 aliphatic rings. The summed E-state index contributed by atoms with van der Waals surface area (Å²) in [5.74, 6) is 0.0826. The molecule has 1 unspecified atom stereocenters. The van der Waals surface area contributed by atoms with Gasteiger partial charge in [-0.1, -0.05) is 0 Å². The fourth-order valence-electron chi connectivity index (χ4n) is 1.90. The molecular formula is C15H22ClN3OS2. The van der Waals surface area contributed by atoms with Crippen LogP contribution in [0.25, 0.3) is 10.6 Å². The van der Waals surface area contributed by atoms with Crippen molar-refractivity contribution in [1.82, 2.24) is 10.3 Å². The van der Waals surface area contributed by atoms with Crippen molar-refractivity contribution in [3.05, 3.63) is 27.4 Å². The first-order valence-electron chi connectivity index (χ1n) is 7.08. The van der Waals surface area contributed by atoms with Crippen LogP contribution in [0, 0.1) is 6.92 Å². The van der Waals surface area contributed by atoms with Gasteiger partial charge in [0.05, 0.1) is 15.6 Å². The molecule has 1 amide bonds. The molecule has 2 rings (SSSR count). The summed E-state index contributed by atoms with van der Waals surface area (Å²) in [5, 5.41) is 6.11. The highest BCUT2D eigenvalue weighted by Gasteiger charge is 2.07. The number of rotatable bonds is 7. The molecule has 0 fully saturated rings. The summed E-state index contributed by atoms with van der Waals surface area (Å²) in [6, 6.07) is 4.30. The van der Waals surface area contributed by atoms with Crippen molar-refractivity contribution in [1.29, 1.82) is 0 Å². The summed E-state index contributed by atoms with van der Waals surface area (Å²) < 4.78 is 0. The summed E-state index contributed by atoms with van der Waals surface area (Å²) in [5.41, 5.74) is 6.69. The molecular weight excluding hydrogens is 338 g/mol. The van der Waals surface area contributed by atoms with Gasteiger partial charge >= 0.3 is 0 Å². The highest BCUT2D eigenvalue weighted by Crippen LogP contribution is 2.29. The van der Waals surface area contributed by atoms with Crippen molar-refractivity contribution in [2.45, 2.75) is 39.2 Å². The van der Waals surface area contributed by atoms with Crippen LogP contribution in [0.5, 0.6) is 0 Å². The molecule has 7 heteroatoms. The summed E-state index contributed by atoms with van der Waals surface area (Å²) >= 11 is 3.41. The van der Waals surface area contributed by atoms with Crippen molar-refractivity contribution >= 4 is 41.0 Å². The van der Waals surface area contributed by atoms with E-state index in [-0.39, 0.29) is 24.4 Å². The Morgan fingerprint density at radius 3 is 2.86 bits per heavy atom. The van der Waals surface area contributed by atoms with E-state index >= 15 is 0 Å². The lowest BCUT2D eigenvalue weighted by atomic mass is 10.2. The molecule has 0 radical (unpaired) electrons. The van der Waals surface area contributed by atoms with E-state index < -0.39 is 0 Å². The van der Waals surface area contributed by atoms with E-state index in [2.05, 4.69) is 27.8 Å². The number of hydrogen-bond acceptors (Lipinski definition) is 5. The molecule has 0 aromatic carbocycles. The second kappa shape index (κ2) is 9.25. The van der Waals surface area contributed by atoms with Gasteiger partial charge in [-0.25, -0.2) is 4.98 Å². The zero-order valence-corrected chi connectivity index (χ0v) is 15.2. The smallest absolute Gasteiger partial charge is 0.220 e. The first-order chi connectivity index (χ1) is 10.0. The number of hydrogen-bond donors (Lipinski definition) is 2. The largest absolute Gasteiger partial charge is 0.356 e. The van der Waals surface area contributed by atoms with Gasteiger partial charge in [0.15, 0.2) is 0 Å². The average Bonchev–Trinajstić information content (AvgIpc) is 3.05. The second-order valence-electron chi connectivity index (χ2n) is 5.13. The number of nitrogens with one attached hydrogen (secondary N) is 1. The Morgan fingerprint density at radius 1 is 1.45 bits per heavy atom. The highest BCUT2D eigenvalue weighted by atomic mass is 35.5. The van der Waals surface area contributed by atoms with Gasteiger partial charge < -0.3 is 11.1 Å². The van der Waals surface area contributed by atoms with Crippen molar-refractivity contribution in [3.63, 3.8) is 0 Å². The lowest BCUT2D eigenvalue weighted by molar-refractivity contribution is -0.121. The normalized spacial score (nSPS) is 11.8. The third-order valence-corrected chi connectivity index (χ3v) is 4.99. The van der Waals surface area contributed by atoms with Gasteiger partial charge in [-0.2, -0.15) is 0 Å². The quantitative estimate of drug-likeness (QED) is 0.796. The minimum Gasteiger partial charge on any atom is -0.356 e. The molecule has 0 saturated carbocycles. The van der Waals surface area contributed by atoms with Crippen LogP contribution in [0.1, 0.15) is 29.7 Å². The molecule has 0 aliphatic heterocycles. The van der Waals surface area contributed by atoms with Crippen LogP contribution in [0.2, 0.25) is 0 Å². The van der Waals surface area contributed by atoms with Crippen molar-refractivity contribution < 1.29 is 4.79 Å². The van der Waals surface area contributed by atoms with Gasteiger partial charge in [0, 0.05) is 29.3 Å². The van der Waals surface area contributed by atoms with E-state index in [9.17, 15) is 4.79 Å². The Kier molecular flexibility index (Phi) is 8.03. The van der Waals surface area contributed by atoms with E-state index in [0.29, 0.717) is 13.0 Å². The Labute approximate surface area is 145 Å². The molecule has 0 saturated heterocycles. The number of nitrogens with zero attached hydrogens (tertiary/aromatic N) is 1. The van der Waals surface area contributed by atoms with Gasteiger partial charge in [-0.3, -0.25) is 4.79 Å². The Bertz CT molecular complexity index is 595. The molecule has 22 heavy (non-hydrogen) atoms. The molecule has 3 N–H and O–H groups in total. The van der Waals surface area contributed by atoms with Gasteiger partial charge in [-0.05, 0) is 38.8 Å². The van der Waals surface area contributed by atoms with Crippen LogP contribution in [-0.2, 0) is 11.2 Å². The van der Waals surface area contributed by atoms with Gasteiger partial charge in [-0.15, -0.1) is 35.1 Å².